The largest absolute Gasteiger partial charge is 0.357 e. The topological polar surface area (TPSA) is 94.8 Å². The number of hydrogen-bond acceptors (Lipinski definition) is 4. The predicted octanol–water partition coefficient (Wildman–Crippen LogP) is 5.88. The van der Waals surface area contributed by atoms with Crippen molar-refractivity contribution in [2.24, 2.45) is 22.7 Å². The summed E-state index contributed by atoms with van der Waals surface area (Å²) in [6.45, 7) is 11.1. The van der Waals surface area contributed by atoms with Crippen molar-refractivity contribution in [3.8, 4) is 0 Å². The Labute approximate surface area is 219 Å². The van der Waals surface area contributed by atoms with Crippen LogP contribution in [0, 0.1) is 17.7 Å². The van der Waals surface area contributed by atoms with Gasteiger partial charge in [-0.05, 0) is 61.3 Å². The van der Waals surface area contributed by atoms with Crippen LogP contribution < -0.4 is 5.84 Å². The number of halogens is 1. The lowest BCUT2D eigenvalue weighted by Crippen LogP contribution is -2.39. The number of nitrogens with two attached hydrogens (primary N) is 1. The third-order valence-electron chi connectivity index (χ3n) is 5.66. The van der Waals surface area contributed by atoms with Gasteiger partial charge in [0.25, 0.3) is 11.8 Å². The summed E-state index contributed by atoms with van der Waals surface area (Å²) in [5.41, 5.74) is 1.40. The fourth-order valence-corrected chi connectivity index (χ4v) is 4.35. The molecule has 0 radical (unpaired) electrons. The van der Waals surface area contributed by atoms with Crippen molar-refractivity contribution >= 4 is 28.7 Å². The van der Waals surface area contributed by atoms with Gasteiger partial charge in [-0.25, -0.2) is 10.2 Å². The molecule has 2 aromatic rings. The Morgan fingerprint density at radius 2 is 1.81 bits per heavy atom. The van der Waals surface area contributed by atoms with Gasteiger partial charge in [0.2, 0.25) is 0 Å². The number of amidine groups is 1. The molecular weight excluding hydrogens is 477 g/mol. The van der Waals surface area contributed by atoms with Gasteiger partial charge in [-0.15, -0.1) is 0 Å². The maximum Gasteiger partial charge on any atom is 0.270 e. The first-order valence-corrected chi connectivity index (χ1v) is 13.1. The van der Waals surface area contributed by atoms with Gasteiger partial charge in [0.15, 0.2) is 5.17 Å². The van der Waals surface area contributed by atoms with Gasteiger partial charge in [-0.1, -0.05) is 59.0 Å². The third-order valence-corrected chi connectivity index (χ3v) is 6.51. The molecule has 9 heteroatoms. The Kier molecular flexibility index (Phi) is 13.5. The number of nitrogens with zero attached hydrogens (tertiary/aromatic N) is 3. The quantitative estimate of drug-likeness (QED) is 0.167. The van der Waals surface area contributed by atoms with Crippen molar-refractivity contribution in [3.63, 3.8) is 0 Å². The average Bonchev–Trinajstić information content (AvgIpc) is 3.37. The SMILES string of the molecule is C.CCSC(=NC(=O)C(C)CCCN(CC(C)C)C(=O)c1ccc[nH]1)N(N)[C@@H](C)c1ccc(F)cc1. The molecule has 36 heavy (non-hydrogen) atoms. The van der Waals surface area contributed by atoms with Crippen LogP contribution in [0.4, 0.5) is 4.39 Å². The van der Waals surface area contributed by atoms with Crippen LogP contribution in [0.2, 0.25) is 0 Å². The van der Waals surface area contributed by atoms with Crippen molar-refractivity contribution in [2.75, 3.05) is 18.8 Å². The number of aliphatic imine (C=N–C) groups is 1. The van der Waals surface area contributed by atoms with E-state index in [9.17, 15) is 14.0 Å². The smallest absolute Gasteiger partial charge is 0.270 e. The summed E-state index contributed by atoms with van der Waals surface area (Å²) in [5.74, 6) is 6.47. The number of aromatic amines is 1. The summed E-state index contributed by atoms with van der Waals surface area (Å²) in [6.07, 6.45) is 3.04. The zero-order chi connectivity index (χ0) is 26.0. The Bertz CT molecular complexity index is 963. The minimum absolute atomic E-state index is 0. The second-order valence-corrected chi connectivity index (χ2v) is 10.3. The molecule has 1 aromatic heterocycles. The van der Waals surface area contributed by atoms with Crippen LogP contribution in [0.25, 0.3) is 0 Å². The standard InChI is InChI=1S/C26H38FN5O2S.CH4/c1-6-35-26(32(28)20(5)21-11-13-22(27)14-12-21)30-24(33)19(4)9-8-16-31(17-18(2)3)25(34)23-10-7-15-29-23;/h7,10-15,18-20,29H,6,8-9,16-17,28H2,1-5H3;1H4/t19?,20-;/m0./s1. The molecule has 2 rings (SSSR count). The number of carbonyl (C=O) groups is 2. The van der Waals surface area contributed by atoms with Gasteiger partial charge in [0, 0.05) is 25.2 Å². The minimum Gasteiger partial charge on any atom is -0.357 e. The molecule has 0 aliphatic carbocycles. The van der Waals surface area contributed by atoms with Gasteiger partial charge >= 0.3 is 0 Å². The van der Waals surface area contributed by atoms with E-state index in [0.717, 1.165) is 5.56 Å². The monoisotopic (exact) mass is 519 g/mol. The highest BCUT2D eigenvalue weighted by molar-refractivity contribution is 8.13. The van der Waals surface area contributed by atoms with E-state index in [1.807, 2.05) is 31.7 Å². The van der Waals surface area contributed by atoms with Gasteiger partial charge in [0.05, 0.1) is 6.04 Å². The number of aromatic nitrogens is 1. The van der Waals surface area contributed by atoms with Crippen LogP contribution in [0.15, 0.2) is 47.6 Å². The zero-order valence-electron chi connectivity index (χ0n) is 21.3. The first-order chi connectivity index (χ1) is 16.6. The summed E-state index contributed by atoms with van der Waals surface area (Å²) in [5, 5.41) is 1.90. The number of amides is 2. The van der Waals surface area contributed by atoms with E-state index in [0.29, 0.717) is 48.5 Å². The molecule has 0 saturated heterocycles. The molecule has 1 unspecified atom stereocenters. The highest BCUT2D eigenvalue weighted by Crippen LogP contribution is 2.22. The number of hydrazine groups is 1. The summed E-state index contributed by atoms with van der Waals surface area (Å²) < 4.78 is 13.3. The number of hydrogen-bond donors (Lipinski definition) is 2. The molecule has 0 aliphatic heterocycles. The fraction of sp³-hybridized carbons (Fsp3) is 0.519. The van der Waals surface area contributed by atoms with Gasteiger partial charge in [0.1, 0.15) is 11.5 Å². The second-order valence-electron chi connectivity index (χ2n) is 9.07. The van der Waals surface area contributed by atoms with Crippen LogP contribution in [0.1, 0.15) is 77.0 Å². The zero-order valence-corrected chi connectivity index (χ0v) is 22.1. The van der Waals surface area contributed by atoms with Crippen molar-refractivity contribution in [1.29, 1.82) is 0 Å². The number of carbonyl (C=O) groups excluding carboxylic acids is 2. The van der Waals surface area contributed by atoms with E-state index in [-0.39, 0.29) is 37.0 Å². The van der Waals surface area contributed by atoms with Crippen LogP contribution in [-0.2, 0) is 4.79 Å². The molecule has 200 valence electrons. The fourth-order valence-electron chi connectivity index (χ4n) is 3.63. The normalized spacial score (nSPS) is 13.2. The Balaban J connectivity index is 0.00000648. The van der Waals surface area contributed by atoms with Gasteiger partial charge < -0.3 is 9.88 Å². The highest BCUT2D eigenvalue weighted by atomic mass is 32.2. The van der Waals surface area contributed by atoms with Crippen LogP contribution in [0.3, 0.4) is 0 Å². The summed E-state index contributed by atoms with van der Waals surface area (Å²) in [6, 6.07) is 9.43. The maximum absolute atomic E-state index is 13.3. The van der Waals surface area contributed by atoms with Gasteiger partial charge in [-0.3, -0.25) is 14.6 Å². The molecule has 2 amide bonds. The summed E-state index contributed by atoms with van der Waals surface area (Å²) >= 11 is 1.39. The van der Waals surface area contributed by atoms with Gasteiger partial charge in [-0.2, -0.15) is 4.99 Å². The van der Waals surface area contributed by atoms with Crippen molar-refractivity contribution in [1.82, 2.24) is 14.9 Å². The average molecular weight is 520 g/mol. The third kappa shape index (κ3) is 9.43. The van der Waals surface area contributed by atoms with Crippen molar-refractivity contribution < 1.29 is 14.0 Å². The lowest BCUT2D eigenvalue weighted by Gasteiger charge is -2.27. The molecule has 0 bridgehead atoms. The summed E-state index contributed by atoms with van der Waals surface area (Å²) in [4.78, 5) is 34.8. The number of rotatable bonds is 11. The first-order valence-electron chi connectivity index (χ1n) is 12.1. The Hall–Kier alpha value is -2.65. The number of benzene rings is 1. The number of H-pyrrole nitrogens is 1. The minimum atomic E-state index is -0.313. The highest BCUT2D eigenvalue weighted by Gasteiger charge is 2.22. The number of nitrogens with one attached hydrogen (secondary N) is 1. The molecule has 7 nitrogen and oxygen atoms in total. The maximum atomic E-state index is 13.3. The van der Waals surface area contributed by atoms with Crippen LogP contribution in [0.5, 0.6) is 0 Å². The first kappa shape index (κ1) is 31.4. The lowest BCUT2D eigenvalue weighted by molar-refractivity contribution is -0.121. The molecular formula is C27H42FN5O2S. The van der Waals surface area contributed by atoms with Crippen LogP contribution in [-0.4, -0.2) is 50.7 Å². The summed E-state index contributed by atoms with van der Waals surface area (Å²) in [7, 11) is 0. The molecule has 1 aromatic carbocycles. The second kappa shape index (κ2) is 15.5. The molecule has 0 spiro atoms. The molecule has 0 saturated carbocycles. The lowest BCUT2D eigenvalue weighted by atomic mass is 10.0. The Morgan fingerprint density at radius 1 is 1.14 bits per heavy atom. The van der Waals surface area contributed by atoms with E-state index in [1.165, 1.54) is 28.9 Å². The van der Waals surface area contributed by atoms with E-state index >= 15 is 0 Å². The Morgan fingerprint density at radius 3 is 2.36 bits per heavy atom. The van der Waals surface area contributed by atoms with E-state index in [4.69, 9.17) is 5.84 Å². The molecule has 3 N–H and O–H groups in total. The number of thioether (sulfide) groups is 1. The van der Waals surface area contributed by atoms with Crippen molar-refractivity contribution in [3.05, 3.63) is 59.7 Å². The molecule has 0 fully saturated rings. The molecule has 1 heterocycles. The van der Waals surface area contributed by atoms with E-state index < -0.39 is 0 Å². The van der Waals surface area contributed by atoms with Crippen molar-refractivity contribution in [2.45, 2.75) is 60.9 Å². The molecule has 0 aliphatic rings. The van der Waals surface area contributed by atoms with E-state index in [2.05, 4.69) is 23.8 Å². The predicted molar refractivity (Wildman–Crippen MR) is 148 cm³/mol. The molecule has 2 atom stereocenters. The van der Waals surface area contributed by atoms with Crippen LogP contribution >= 0.6 is 11.8 Å². The van der Waals surface area contributed by atoms with E-state index in [1.54, 1.807) is 24.4 Å².